The summed E-state index contributed by atoms with van der Waals surface area (Å²) in [5.41, 5.74) is 2.29. The normalized spacial score (nSPS) is 11.6. The highest BCUT2D eigenvalue weighted by molar-refractivity contribution is 7.85. The average molecular weight is 465 g/mol. The molecule has 0 aliphatic rings. The quantitative estimate of drug-likeness (QED) is 0.468. The maximum atomic E-state index is 13.7. The largest absolute Gasteiger partial charge is 0.272 e. The van der Waals surface area contributed by atoms with Crippen LogP contribution in [0.4, 0.5) is 4.39 Å². The maximum absolute atomic E-state index is 13.7. The van der Waals surface area contributed by atoms with E-state index in [2.05, 4.69) is 5.10 Å². The Kier molecular flexibility index (Phi) is 7.25. The Labute approximate surface area is 185 Å². The van der Waals surface area contributed by atoms with Crippen LogP contribution in [0.3, 0.4) is 0 Å². The molecule has 1 heterocycles. The molecule has 0 saturated heterocycles. The van der Waals surface area contributed by atoms with Gasteiger partial charge in [-0.05, 0) is 67.3 Å². The number of aromatic nitrogens is 2. The molecule has 0 amide bonds. The molecule has 0 aliphatic heterocycles. The molecular weight excluding hydrogens is 443 g/mol. The van der Waals surface area contributed by atoms with Crippen LogP contribution >= 0.6 is 11.6 Å². The second kappa shape index (κ2) is 9.72. The third-order valence-electron chi connectivity index (χ3n) is 4.68. The number of aryl methyl sites for hydroxylation is 3. The first-order chi connectivity index (χ1) is 14.6. The fraction of sp³-hybridized carbons (Fsp3) is 0.273. The number of halogens is 2. The smallest absolute Gasteiger partial charge is 0.267 e. The Bertz CT molecular complexity index is 1240. The van der Waals surface area contributed by atoms with Gasteiger partial charge in [0.2, 0.25) is 0 Å². The molecule has 0 aliphatic carbocycles. The van der Waals surface area contributed by atoms with Crippen molar-refractivity contribution in [2.24, 2.45) is 0 Å². The van der Waals surface area contributed by atoms with Gasteiger partial charge in [-0.1, -0.05) is 23.7 Å². The van der Waals surface area contributed by atoms with E-state index in [1.165, 1.54) is 16.8 Å². The zero-order valence-corrected chi connectivity index (χ0v) is 18.7. The van der Waals surface area contributed by atoms with Crippen molar-refractivity contribution in [1.29, 1.82) is 0 Å². The van der Waals surface area contributed by atoms with Crippen molar-refractivity contribution >= 4 is 21.7 Å². The summed E-state index contributed by atoms with van der Waals surface area (Å²) < 4.78 is 42.6. The SMILES string of the molecule is Cc1cc(-c2cc(COS(C)(=O)=O)c(=O)n(CCCc3ccc(Cl)cc3)n2)ccc1F. The molecule has 3 aromatic rings. The molecule has 0 unspecified atom stereocenters. The highest BCUT2D eigenvalue weighted by atomic mass is 35.5. The van der Waals surface area contributed by atoms with Crippen molar-refractivity contribution in [3.05, 3.63) is 86.4 Å². The second-order valence-electron chi connectivity index (χ2n) is 7.24. The zero-order chi connectivity index (χ0) is 22.6. The molecule has 0 saturated carbocycles. The van der Waals surface area contributed by atoms with Gasteiger partial charge in [0, 0.05) is 22.7 Å². The molecule has 1 aromatic heterocycles. The third-order valence-corrected chi connectivity index (χ3v) is 5.48. The van der Waals surface area contributed by atoms with Crippen molar-refractivity contribution in [3.8, 4) is 11.3 Å². The fourth-order valence-electron chi connectivity index (χ4n) is 3.05. The van der Waals surface area contributed by atoms with Gasteiger partial charge < -0.3 is 0 Å². The first-order valence-electron chi connectivity index (χ1n) is 9.59. The van der Waals surface area contributed by atoms with Crippen LogP contribution in [0.2, 0.25) is 5.02 Å². The van der Waals surface area contributed by atoms with Gasteiger partial charge in [0.1, 0.15) is 5.82 Å². The summed E-state index contributed by atoms with van der Waals surface area (Å²) in [6.07, 6.45) is 2.26. The summed E-state index contributed by atoms with van der Waals surface area (Å²) in [5, 5.41) is 5.07. The molecule has 6 nitrogen and oxygen atoms in total. The summed E-state index contributed by atoms with van der Waals surface area (Å²) in [4.78, 5) is 12.8. The summed E-state index contributed by atoms with van der Waals surface area (Å²) >= 11 is 5.90. The minimum Gasteiger partial charge on any atom is -0.267 e. The Morgan fingerprint density at radius 3 is 2.48 bits per heavy atom. The molecule has 0 radical (unpaired) electrons. The molecule has 3 rings (SSSR count). The fourth-order valence-corrected chi connectivity index (χ4v) is 3.52. The van der Waals surface area contributed by atoms with Gasteiger partial charge in [-0.3, -0.25) is 8.98 Å². The lowest BCUT2D eigenvalue weighted by atomic mass is 10.1. The molecule has 0 spiro atoms. The van der Waals surface area contributed by atoms with Crippen molar-refractivity contribution in [2.75, 3.05) is 6.26 Å². The van der Waals surface area contributed by atoms with E-state index >= 15 is 0 Å². The molecule has 0 N–H and O–H groups in total. The minimum absolute atomic E-state index is 0.156. The Balaban J connectivity index is 1.90. The molecule has 31 heavy (non-hydrogen) atoms. The Morgan fingerprint density at radius 2 is 1.84 bits per heavy atom. The zero-order valence-electron chi connectivity index (χ0n) is 17.1. The van der Waals surface area contributed by atoms with Crippen molar-refractivity contribution in [2.45, 2.75) is 32.9 Å². The average Bonchev–Trinajstić information content (AvgIpc) is 2.71. The van der Waals surface area contributed by atoms with Crippen LogP contribution < -0.4 is 5.56 Å². The molecular formula is C22H22ClFN2O4S. The van der Waals surface area contributed by atoms with Gasteiger partial charge in [0.25, 0.3) is 15.7 Å². The highest BCUT2D eigenvalue weighted by Crippen LogP contribution is 2.20. The lowest BCUT2D eigenvalue weighted by Crippen LogP contribution is -2.28. The van der Waals surface area contributed by atoms with Crippen molar-refractivity contribution in [1.82, 2.24) is 9.78 Å². The van der Waals surface area contributed by atoms with Crippen LogP contribution in [0.1, 0.15) is 23.1 Å². The maximum Gasteiger partial charge on any atom is 0.272 e. The van der Waals surface area contributed by atoms with Gasteiger partial charge in [0.05, 0.1) is 18.6 Å². The molecule has 2 aromatic carbocycles. The van der Waals surface area contributed by atoms with Gasteiger partial charge in [0.15, 0.2) is 0 Å². The number of hydrogen-bond donors (Lipinski definition) is 0. The van der Waals surface area contributed by atoms with E-state index in [-0.39, 0.29) is 11.4 Å². The van der Waals surface area contributed by atoms with Crippen LogP contribution in [0.15, 0.2) is 53.3 Å². The van der Waals surface area contributed by atoms with Crippen LogP contribution in [0, 0.1) is 12.7 Å². The van der Waals surface area contributed by atoms with Crippen LogP contribution in [-0.2, 0) is 33.9 Å². The standard InChI is InChI=1S/C22H22ClFN2O4S/c1-15-12-17(7-10-20(15)24)21-13-18(14-30-31(2,28)29)22(27)26(25-21)11-3-4-16-5-8-19(23)9-6-16/h5-10,12-13H,3-4,11,14H2,1-2H3. The van der Waals surface area contributed by atoms with E-state index in [0.29, 0.717) is 41.2 Å². The third kappa shape index (κ3) is 6.46. The van der Waals surface area contributed by atoms with Crippen LogP contribution in [0.25, 0.3) is 11.3 Å². The first kappa shape index (κ1) is 23.1. The van der Waals surface area contributed by atoms with E-state index in [1.54, 1.807) is 31.2 Å². The van der Waals surface area contributed by atoms with E-state index in [9.17, 15) is 17.6 Å². The monoisotopic (exact) mass is 464 g/mol. The first-order valence-corrected chi connectivity index (χ1v) is 11.8. The van der Waals surface area contributed by atoms with Gasteiger partial charge in [-0.25, -0.2) is 9.07 Å². The summed E-state index contributed by atoms with van der Waals surface area (Å²) in [7, 11) is -3.73. The molecule has 0 fully saturated rings. The van der Waals surface area contributed by atoms with E-state index in [4.69, 9.17) is 15.8 Å². The summed E-state index contributed by atoms with van der Waals surface area (Å²) in [5.74, 6) is -0.347. The van der Waals surface area contributed by atoms with Gasteiger partial charge in [-0.2, -0.15) is 13.5 Å². The molecule has 0 bridgehead atoms. The van der Waals surface area contributed by atoms with Crippen molar-refractivity contribution in [3.63, 3.8) is 0 Å². The number of rotatable bonds is 8. The number of benzene rings is 2. The predicted octanol–water partition coefficient (Wildman–Crippen LogP) is 4.12. The van der Waals surface area contributed by atoms with E-state index in [0.717, 1.165) is 11.8 Å². The van der Waals surface area contributed by atoms with Crippen LogP contribution in [-0.4, -0.2) is 24.5 Å². The van der Waals surface area contributed by atoms with Gasteiger partial charge >= 0.3 is 0 Å². The second-order valence-corrected chi connectivity index (χ2v) is 9.32. The lowest BCUT2D eigenvalue weighted by molar-refractivity contribution is 0.308. The lowest BCUT2D eigenvalue weighted by Gasteiger charge is -2.12. The molecule has 9 heteroatoms. The summed E-state index contributed by atoms with van der Waals surface area (Å²) in [6, 6.07) is 13.4. The minimum atomic E-state index is -3.73. The Morgan fingerprint density at radius 1 is 1.13 bits per heavy atom. The van der Waals surface area contributed by atoms with E-state index in [1.807, 2.05) is 12.1 Å². The number of nitrogens with zero attached hydrogens (tertiary/aromatic N) is 2. The summed E-state index contributed by atoms with van der Waals surface area (Å²) in [6.45, 7) is 1.56. The number of hydrogen-bond acceptors (Lipinski definition) is 5. The molecule has 164 valence electrons. The topological polar surface area (TPSA) is 78.3 Å². The highest BCUT2D eigenvalue weighted by Gasteiger charge is 2.13. The van der Waals surface area contributed by atoms with Crippen LogP contribution in [0.5, 0.6) is 0 Å². The van der Waals surface area contributed by atoms with E-state index < -0.39 is 22.3 Å². The Hall–Kier alpha value is -2.55. The molecule has 0 atom stereocenters. The van der Waals surface area contributed by atoms with Crippen molar-refractivity contribution < 1.29 is 17.0 Å². The predicted molar refractivity (Wildman–Crippen MR) is 118 cm³/mol. The van der Waals surface area contributed by atoms with Gasteiger partial charge in [-0.15, -0.1) is 0 Å².